The van der Waals surface area contributed by atoms with Gasteiger partial charge in [0.25, 0.3) is 0 Å². The molecular weight excluding hydrogens is 162 g/mol. The standard InChI is InChI=1S/C7H7NO2S/c1-2-9-6-3-5-7(11-6)8-4-10-5/h3-4H,2H2,1H3. The van der Waals surface area contributed by atoms with Gasteiger partial charge in [-0.05, 0) is 6.92 Å². The Morgan fingerprint density at radius 3 is 3.36 bits per heavy atom. The molecule has 0 amide bonds. The van der Waals surface area contributed by atoms with Crippen LogP contribution in [0, 0.1) is 0 Å². The number of rotatable bonds is 2. The fourth-order valence-corrected chi connectivity index (χ4v) is 1.70. The molecule has 4 heteroatoms. The molecule has 2 aromatic heterocycles. The summed E-state index contributed by atoms with van der Waals surface area (Å²) in [5.74, 6) is 0. The predicted molar refractivity (Wildman–Crippen MR) is 43.1 cm³/mol. The smallest absolute Gasteiger partial charge is 0.182 e. The highest BCUT2D eigenvalue weighted by atomic mass is 32.1. The van der Waals surface area contributed by atoms with Crippen molar-refractivity contribution in [2.24, 2.45) is 0 Å². The summed E-state index contributed by atoms with van der Waals surface area (Å²) < 4.78 is 10.3. The zero-order valence-electron chi connectivity index (χ0n) is 6.03. The fraction of sp³-hybridized carbons (Fsp3) is 0.286. The van der Waals surface area contributed by atoms with Crippen LogP contribution in [0.3, 0.4) is 0 Å². The first-order valence-corrected chi connectivity index (χ1v) is 4.17. The number of fused-ring (bicyclic) bond motifs is 1. The summed E-state index contributed by atoms with van der Waals surface area (Å²) >= 11 is 1.50. The molecule has 0 aliphatic heterocycles. The van der Waals surface area contributed by atoms with Crippen molar-refractivity contribution in [3.8, 4) is 5.06 Å². The van der Waals surface area contributed by atoms with Crippen molar-refractivity contribution in [3.05, 3.63) is 12.5 Å². The molecule has 2 heterocycles. The molecule has 2 aromatic rings. The maximum Gasteiger partial charge on any atom is 0.182 e. The first-order valence-electron chi connectivity index (χ1n) is 3.36. The van der Waals surface area contributed by atoms with Crippen LogP contribution in [0.5, 0.6) is 5.06 Å². The third-order valence-corrected chi connectivity index (χ3v) is 2.23. The van der Waals surface area contributed by atoms with Crippen LogP contribution >= 0.6 is 11.3 Å². The topological polar surface area (TPSA) is 35.3 Å². The van der Waals surface area contributed by atoms with Gasteiger partial charge in [-0.2, -0.15) is 0 Å². The maximum absolute atomic E-state index is 5.27. The lowest BCUT2D eigenvalue weighted by atomic mass is 10.6. The van der Waals surface area contributed by atoms with Gasteiger partial charge in [-0.3, -0.25) is 0 Å². The van der Waals surface area contributed by atoms with Gasteiger partial charge in [0.05, 0.1) is 6.61 Å². The first kappa shape index (κ1) is 6.67. The Morgan fingerprint density at radius 1 is 1.73 bits per heavy atom. The van der Waals surface area contributed by atoms with Gasteiger partial charge in [0, 0.05) is 6.07 Å². The highest BCUT2D eigenvalue weighted by molar-refractivity contribution is 7.20. The van der Waals surface area contributed by atoms with E-state index in [2.05, 4.69) is 4.98 Å². The number of hydrogen-bond donors (Lipinski definition) is 0. The molecule has 3 nitrogen and oxygen atoms in total. The van der Waals surface area contributed by atoms with E-state index in [1.165, 1.54) is 17.7 Å². The average Bonchev–Trinajstić information content (AvgIpc) is 2.46. The Morgan fingerprint density at radius 2 is 2.64 bits per heavy atom. The SMILES string of the molecule is CCOc1cc2ocnc2s1. The molecule has 2 rings (SSSR count). The van der Waals surface area contributed by atoms with Gasteiger partial charge in [0.1, 0.15) is 0 Å². The quantitative estimate of drug-likeness (QED) is 0.691. The Labute approximate surface area is 67.6 Å². The maximum atomic E-state index is 5.27. The second-order valence-corrected chi connectivity index (χ2v) is 3.01. The molecule has 0 N–H and O–H groups in total. The van der Waals surface area contributed by atoms with Crippen LogP contribution in [-0.4, -0.2) is 11.6 Å². The molecule has 11 heavy (non-hydrogen) atoms. The minimum Gasteiger partial charge on any atom is -0.484 e. The third kappa shape index (κ3) is 1.09. The van der Waals surface area contributed by atoms with E-state index < -0.39 is 0 Å². The molecule has 0 atom stereocenters. The second-order valence-electron chi connectivity index (χ2n) is 2.02. The molecule has 0 bridgehead atoms. The van der Waals surface area contributed by atoms with Crippen LogP contribution in [0.4, 0.5) is 0 Å². The van der Waals surface area contributed by atoms with Gasteiger partial charge in [-0.25, -0.2) is 4.98 Å². The fourth-order valence-electron chi connectivity index (χ4n) is 0.863. The summed E-state index contributed by atoms with van der Waals surface area (Å²) in [5.41, 5.74) is 0.804. The number of hydrogen-bond acceptors (Lipinski definition) is 4. The van der Waals surface area contributed by atoms with E-state index in [-0.39, 0.29) is 0 Å². The van der Waals surface area contributed by atoms with E-state index in [0.29, 0.717) is 6.61 Å². The van der Waals surface area contributed by atoms with Crippen LogP contribution in [0.25, 0.3) is 10.4 Å². The number of ether oxygens (including phenoxy) is 1. The van der Waals surface area contributed by atoms with E-state index in [1.54, 1.807) is 0 Å². The van der Waals surface area contributed by atoms with E-state index in [0.717, 1.165) is 15.5 Å². The van der Waals surface area contributed by atoms with Crippen molar-refractivity contribution >= 4 is 21.8 Å². The Balaban J connectivity index is 2.42. The van der Waals surface area contributed by atoms with Gasteiger partial charge in [0.2, 0.25) is 0 Å². The first-order chi connectivity index (χ1) is 5.40. The normalized spacial score (nSPS) is 10.6. The number of nitrogens with zero attached hydrogens (tertiary/aromatic N) is 1. The lowest BCUT2D eigenvalue weighted by Crippen LogP contribution is -1.86. The van der Waals surface area contributed by atoms with Crippen LogP contribution in [0.1, 0.15) is 6.92 Å². The number of thiophene rings is 1. The van der Waals surface area contributed by atoms with Crippen LogP contribution in [0.15, 0.2) is 16.9 Å². The van der Waals surface area contributed by atoms with Crippen molar-refractivity contribution in [1.82, 2.24) is 4.98 Å². The van der Waals surface area contributed by atoms with Gasteiger partial charge in [-0.15, -0.1) is 0 Å². The lowest BCUT2D eigenvalue weighted by Gasteiger charge is -1.93. The van der Waals surface area contributed by atoms with E-state index in [1.807, 2.05) is 13.0 Å². The molecule has 0 aliphatic rings. The van der Waals surface area contributed by atoms with Crippen LogP contribution in [0.2, 0.25) is 0 Å². The molecule has 0 unspecified atom stereocenters. The zero-order chi connectivity index (χ0) is 7.68. The summed E-state index contributed by atoms with van der Waals surface area (Å²) in [5, 5.41) is 0.870. The highest BCUT2D eigenvalue weighted by Gasteiger charge is 2.04. The Kier molecular flexibility index (Phi) is 1.54. The summed E-state index contributed by atoms with van der Waals surface area (Å²) in [6.07, 6.45) is 1.44. The zero-order valence-corrected chi connectivity index (χ0v) is 6.85. The third-order valence-electron chi connectivity index (χ3n) is 1.29. The molecule has 0 aromatic carbocycles. The molecule has 58 valence electrons. The molecule has 0 radical (unpaired) electrons. The Bertz CT molecular complexity index is 323. The average molecular weight is 169 g/mol. The molecule has 0 saturated heterocycles. The van der Waals surface area contributed by atoms with Gasteiger partial charge >= 0.3 is 0 Å². The molecule has 0 saturated carbocycles. The largest absolute Gasteiger partial charge is 0.484 e. The summed E-state index contributed by atoms with van der Waals surface area (Å²) in [4.78, 5) is 4.89. The van der Waals surface area contributed by atoms with Crippen LogP contribution in [-0.2, 0) is 0 Å². The minimum absolute atomic E-state index is 0.684. The second kappa shape index (κ2) is 2.54. The highest BCUT2D eigenvalue weighted by Crippen LogP contribution is 2.30. The van der Waals surface area contributed by atoms with E-state index in [4.69, 9.17) is 9.15 Å². The minimum atomic E-state index is 0.684. The molecule has 0 fully saturated rings. The summed E-state index contributed by atoms with van der Waals surface area (Å²) in [7, 11) is 0. The summed E-state index contributed by atoms with van der Waals surface area (Å²) in [6, 6.07) is 1.86. The predicted octanol–water partition coefficient (Wildman–Crippen LogP) is 2.29. The van der Waals surface area contributed by atoms with Crippen molar-refractivity contribution in [3.63, 3.8) is 0 Å². The lowest BCUT2D eigenvalue weighted by molar-refractivity contribution is 0.350. The monoisotopic (exact) mass is 169 g/mol. The van der Waals surface area contributed by atoms with Crippen molar-refractivity contribution in [2.45, 2.75) is 6.92 Å². The van der Waals surface area contributed by atoms with Gasteiger partial charge in [0.15, 0.2) is 21.9 Å². The van der Waals surface area contributed by atoms with Crippen molar-refractivity contribution in [1.29, 1.82) is 0 Å². The van der Waals surface area contributed by atoms with E-state index >= 15 is 0 Å². The Hall–Kier alpha value is -1.03. The number of aromatic nitrogens is 1. The van der Waals surface area contributed by atoms with Crippen LogP contribution < -0.4 is 4.74 Å². The van der Waals surface area contributed by atoms with Gasteiger partial charge in [-0.1, -0.05) is 11.3 Å². The molecule has 0 aliphatic carbocycles. The van der Waals surface area contributed by atoms with E-state index in [9.17, 15) is 0 Å². The molecule has 0 spiro atoms. The van der Waals surface area contributed by atoms with Gasteiger partial charge < -0.3 is 9.15 Å². The summed E-state index contributed by atoms with van der Waals surface area (Å²) in [6.45, 7) is 2.64. The molecular formula is C7H7NO2S. The van der Waals surface area contributed by atoms with Crippen molar-refractivity contribution < 1.29 is 9.15 Å². The van der Waals surface area contributed by atoms with Crippen molar-refractivity contribution in [2.75, 3.05) is 6.61 Å². The number of oxazole rings is 1.